The molecule has 0 atom stereocenters. The van der Waals surface area contributed by atoms with Crippen LogP contribution in [0.25, 0.3) is 0 Å². The van der Waals surface area contributed by atoms with Crippen molar-refractivity contribution in [1.29, 1.82) is 0 Å². The number of rotatable bonds is 4. The second kappa shape index (κ2) is 4.78. The van der Waals surface area contributed by atoms with Gasteiger partial charge in [-0.3, -0.25) is 9.69 Å². The van der Waals surface area contributed by atoms with E-state index in [1.54, 1.807) is 0 Å². The van der Waals surface area contributed by atoms with E-state index in [1.807, 2.05) is 11.9 Å². The lowest BCUT2D eigenvalue weighted by Gasteiger charge is -2.13. The van der Waals surface area contributed by atoms with Crippen molar-refractivity contribution in [1.82, 2.24) is 4.90 Å². The van der Waals surface area contributed by atoms with Crippen LogP contribution < -0.4 is 11.2 Å². The molecule has 0 bridgehead atoms. The molecule has 3 N–H and O–H groups in total. The molecule has 0 aromatic carbocycles. The SMILES string of the molecule is CN(CCN)Cc1cc(=O)c(O)co1. The molecular weight excluding hydrogens is 184 g/mol. The van der Waals surface area contributed by atoms with E-state index in [1.165, 1.54) is 6.07 Å². The van der Waals surface area contributed by atoms with Crippen molar-refractivity contribution in [2.45, 2.75) is 6.54 Å². The third-order valence-corrected chi connectivity index (χ3v) is 1.80. The Morgan fingerprint density at radius 3 is 2.93 bits per heavy atom. The quantitative estimate of drug-likeness (QED) is 0.696. The largest absolute Gasteiger partial charge is 0.502 e. The summed E-state index contributed by atoms with van der Waals surface area (Å²) in [5, 5.41) is 8.94. The lowest BCUT2D eigenvalue weighted by atomic mass is 10.3. The van der Waals surface area contributed by atoms with Crippen LogP contribution in [0.3, 0.4) is 0 Å². The van der Waals surface area contributed by atoms with Gasteiger partial charge in [0.05, 0.1) is 6.54 Å². The molecule has 0 aliphatic rings. The molecule has 78 valence electrons. The van der Waals surface area contributed by atoms with Gasteiger partial charge in [-0.1, -0.05) is 0 Å². The molecular formula is C9H14N2O3. The van der Waals surface area contributed by atoms with Crippen LogP contribution in [0.15, 0.2) is 21.5 Å². The molecule has 0 fully saturated rings. The first kappa shape index (κ1) is 10.7. The predicted molar refractivity (Wildman–Crippen MR) is 52.0 cm³/mol. The topological polar surface area (TPSA) is 79.7 Å². The summed E-state index contributed by atoms with van der Waals surface area (Å²) in [6, 6.07) is 1.28. The number of nitrogens with zero attached hydrogens (tertiary/aromatic N) is 1. The molecule has 0 aliphatic heterocycles. The summed E-state index contributed by atoms with van der Waals surface area (Å²) >= 11 is 0. The van der Waals surface area contributed by atoms with Crippen LogP contribution in [-0.4, -0.2) is 30.1 Å². The van der Waals surface area contributed by atoms with Crippen LogP contribution in [0.4, 0.5) is 0 Å². The summed E-state index contributed by atoms with van der Waals surface area (Å²) in [5.74, 6) is 0.152. The Hall–Kier alpha value is -1.33. The van der Waals surface area contributed by atoms with Crippen LogP contribution in [0.2, 0.25) is 0 Å². The smallest absolute Gasteiger partial charge is 0.226 e. The maximum absolute atomic E-state index is 11.0. The fourth-order valence-corrected chi connectivity index (χ4v) is 1.09. The van der Waals surface area contributed by atoms with Gasteiger partial charge in [0.25, 0.3) is 0 Å². The van der Waals surface area contributed by atoms with Gasteiger partial charge in [0, 0.05) is 19.2 Å². The summed E-state index contributed by atoms with van der Waals surface area (Å²) < 4.78 is 5.02. The van der Waals surface area contributed by atoms with Crippen LogP contribution >= 0.6 is 0 Å². The van der Waals surface area contributed by atoms with Gasteiger partial charge in [-0.15, -0.1) is 0 Å². The highest BCUT2D eigenvalue weighted by atomic mass is 16.4. The number of nitrogens with two attached hydrogens (primary N) is 1. The van der Waals surface area contributed by atoms with E-state index < -0.39 is 5.43 Å². The first-order chi connectivity index (χ1) is 6.63. The number of hydrogen-bond acceptors (Lipinski definition) is 5. The molecule has 0 aliphatic carbocycles. The van der Waals surface area contributed by atoms with Crippen molar-refractivity contribution >= 4 is 0 Å². The standard InChI is InChI=1S/C9H14N2O3/c1-11(3-2-10)5-7-4-8(12)9(13)6-14-7/h4,6,13H,2-3,5,10H2,1H3. The Balaban J connectivity index is 2.68. The van der Waals surface area contributed by atoms with Crippen molar-refractivity contribution in [3.8, 4) is 5.75 Å². The van der Waals surface area contributed by atoms with Gasteiger partial charge in [-0.25, -0.2) is 0 Å². The Morgan fingerprint density at radius 2 is 2.36 bits per heavy atom. The summed E-state index contributed by atoms with van der Waals surface area (Å²) in [6.45, 7) is 1.79. The molecule has 0 saturated heterocycles. The zero-order chi connectivity index (χ0) is 10.6. The van der Waals surface area contributed by atoms with E-state index >= 15 is 0 Å². The molecule has 1 heterocycles. The lowest BCUT2D eigenvalue weighted by molar-refractivity contribution is 0.294. The Kier molecular flexibility index (Phi) is 3.67. The van der Waals surface area contributed by atoms with Gasteiger partial charge in [0.2, 0.25) is 5.43 Å². The first-order valence-corrected chi connectivity index (χ1v) is 4.33. The first-order valence-electron chi connectivity index (χ1n) is 4.33. The van der Waals surface area contributed by atoms with E-state index in [0.29, 0.717) is 18.8 Å². The number of likely N-dealkylation sites (N-methyl/N-ethyl adjacent to an activating group) is 1. The minimum Gasteiger partial charge on any atom is -0.502 e. The molecule has 1 rings (SSSR count). The molecule has 1 aromatic heterocycles. The highest BCUT2D eigenvalue weighted by Gasteiger charge is 2.04. The third kappa shape index (κ3) is 2.86. The lowest BCUT2D eigenvalue weighted by Crippen LogP contribution is -2.25. The van der Waals surface area contributed by atoms with E-state index in [0.717, 1.165) is 12.8 Å². The second-order valence-corrected chi connectivity index (χ2v) is 3.12. The van der Waals surface area contributed by atoms with Gasteiger partial charge in [-0.05, 0) is 7.05 Å². The molecule has 14 heavy (non-hydrogen) atoms. The van der Waals surface area contributed by atoms with E-state index in [2.05, 4.69) is 0 Å². The predicted octanol–water partition coefficient (Wildman–Crippen LogP) is -0.264. The Bertz CT molecular complexity index is 348. The van der Waals surface area contributed by atoms with Crippen molar-refractivity contribution in [3.63, 3.8) is 0 Å². The average molecular weight is 198 g/mol. The maximum atomic E-state index is 11.0. The van der Waals surface area contributed by atoms with Crippen LogP contribution in [0, 0.1) is 0 Å². The zero-order valence-electron chi connectivity index (χ0n) is 8.06. The van der Waals surface area contributed by atoms with Gasteiger partial charge in [0.1, 0.15) is 12.0 Å². The van der Waals surface area contributed by atoms with Gasteiger partial charge >= 0.3 is 0 Å². The average Bonchev–Trinajstić information content (AvgIpc) is 2.12. The second-order valence-electron chi connectivity index (χ2n) is 3.12. The Morgan fingerprint density at radius 1 is 1.64 bits per heavy atom. The number of hydrogen-bond donors (Lipinski definition) is 2. The van der Waals surface area contributed by atoms with E-state index in [4.69, 9.17) is 15.3 Å². The Labute approximate surface area is 81.8 Å². The monoisotopic (exact) mass is 198 g/mol. The molecule has 5 heteroatoms. The minimum atomic E-state index is -0.424. The van der Waals surface area contributed by atoms with Crippen molar-refractivity contribution in [2.75, 3.05) is 20.1 Å². The maximum Gasteiger partial charge on any atom is 0.226 e. The molecule has 1 aromatic rings. The third-order valence-electron chi connectivity index (χ3n) is 1.80. The zero-order valence-corrected chi connectivity index (χ0v) is 8.06. The number of aromatic hydroxyl groups is 1. The highest BCUT2D eigenvalue weighted by molar-refractivity contribution is 5.15. The van der Waals surface area contributed by atoms with Crippen LogP contribution in [0.1, 0.15) is 5.76 Å². The van der Waals surface area contributed by atoms with Crippen molar-refractivity contribution in [2.24, 2.45) is 5.73 Å². The summed E-state index contributed by atoms with van der Waals surface area (Å²) in [5.41, 5.74) is 4.94. The normalized spacial score (nSPS) is 10.8. The van der Waals surface area contributed by atoms with Gasteiger partial charge < -0.3 is 15.3 Å². The van der Waals surface area contributed by atoms with E-state index in [-0.39, 0.29) is 5.75 Å². The van der Waals surface area contributed by atoms with Gasteiger partial charge in [0.15, 0.2) is 5.75 Å². The van der Waals surface area contributed by atoms with Crippen molar-refractivity contribution < 1.29 is 9.52 Å². The summed E-state index contributed by atoms with van der Waals surface area (Å²) in [7, 11) is 1.87. The minimum absolute atomic E-state index is 0.366. The molecule has 0 saturated carbocycles. The van der Waals surface area contributed by atoms with Gasteiger partial charge in [-0.2, -0.15) is 0 Å². The molecule has 0 radical (unpaired) electrons. The summed E-state index contributed by atoms with van der Waals surface area (Å²) in [4.78, 5) is 13.0. The van der Waals surface area contributed by atoms with Crippen LogP contribution in [-0.2, 0) is 6.54 Å². The van der Waals surface area contributed by atoms with Crippen LogP contribution in [0.5, 0.6) is 5.75 Å². The molecule has 5 nitrogen and oxygen atoms in total. The molecule has 0 spiro atoms. The summed E-state index contributed by atoms with van der Waals surface area (Å²) in [6.07, 6.45) is 1.05. The fraction of sp³-hybridized carbons (Fsp3) is 0.444. The fourth-order valence-electron chi connectivity index (χ4n) is 1.09. The van der Waals surface area contributed by atoms with Crippen molar-refractivity contribution in [3.05, 3.63) is 28.3 Å². The van der Waals surface area contributed by atoms with E-state index in [9.17, 15) is 4.79 Å². The molecule has 0 unspecified atom stereocenters. The highest BCUT2D eigenvalue weighted by Crippen LogP contribution is 2.05. The molecule has 0 amide bonds.